The molecule has 17 heavy (non-hydrogen) atoms. The molecule has 0 radical (unpaired) electrons. The summed E-state index contributed by atoms with van der Waals surface area (Å²) < 4.78 is 0. The molecule has 2 N–H and O–H groups in total. The van der Waals surface area contributed by atoms with Crippen molar-refractivity contribution in [2.75, 3.05) is 25.6 Å². The first-order valence-corrected chi connectivity index (χ1v) is 7.41. The fraction of sp³-hybridized carbons (Fsp3) is 0.615. The van der Waals surface area contributed by atoms with Gasteiger partial charge in [0.15, 0.2) is 0 Å². The summed E-state index contributed by atoms with van der Waals surface area (Å²) in [6.07, 6.45) is 7.01. The van der Waals surface area contributed by atoms with Crippen LogP contribution in [-0.4, -0.2) is 41.5 Å². The topological polar surface area (TPSA) is 42.1 Å². The number of nitrogens with two attached hydrogens (primary N) is 1. The number of thioether (sulfide) groups is 1. The molecule has 0 aliphatic rings. The van der Waals surface area contributed by atoms with Crippen LogP contribution in [0.5, 0.6) is 0 Å². The number of hydrogen-bond acceptors (Lipinski definition) is 4. The van der Waals surface area contributed by atoms with Crippen LogP contribution in [0.3, 0.4) is 0 Å². The lowest BCUT2D eigenvalue weighted by Crippen LogP contribution is -2.37. The Morgan fingerprint density at radius 2 is 2.06 bits per heavy atom. The Labute approximate surface area is 109 Å². The molecule has 0 amide bonds. The maximum Gasteiger partial charge on any atom is 0.0471 e. The van der Waals surface area contributed by atoms with Crippen molar-refractivity contribution in [3.63, 3.8) is 0 Å². The largest absolute Gasteiger partial charge is 0.329 e. The summed E-state index contributed by atoms with van der Waals surface area (Å²) in [5.74, 6) is 1.19. The minimum atomic E-state index is 0.287. The number of pyridine rings is 1. The monoisotopic (exact) mass is 253 g/mol. The van der Waals surface area contributed by atoms with Crippen molar-refractivity contribution in [3.05, 3.63) is 30.1 Å². The molecule has 0 bridgehead atoms. The first-order valence-electron chi connectivity index (χ1n) is 6.01. The van der Waals surface area contributed by atoms with Crippen LogP contribution in [0, 0.1) is 0 Å². The van der Waals surface area contributed by atoms with E-state index in [1.165, 1.54) is 17.7 Å². The van der Waals surface area contributed by atoms with Crippen LogP contribution in [0.15, 0.2) is 24.5 Å². The average molecular weight is 253 g/mol. The van der Waals surface area contributed by atoms with E-state index in [0.717, 1.165) is 0 Å². The van der Waals surface area contributed by atoms with Gasteiger partial charge < -0.3 is 5.73 Å². The van der Waals surface area contributed by atoms with Gasteiger partial charge in [-0.2, -0.15) is 11.8 Å². The maximum atomic E-state index is 5.90. The smallest absolute Gasteiger partial charge is 0.0471 e. The number of aromatic nitrogens is 1. The highest BCUT2D eigenvalue weighted by molar-refractivity contribution is 7.98. The van der Waals surface area contributed by atoms with Crippen molar-refractivity contribution in [2.24, 2.45) is 5.73 Å². The Morgan fingerprint density at radius 3 is 2.59 bits per heavy atom. The maximum absolute atomic E-state index is 5.90. The number of hydrogen-bond donors (Lipinski definition) is 1. The number of rotatable bonds is 7. The van der Waals surface area contributed by atoms with Gasteiger partial charge in [-0.1, -0.05) is 0 Å². The molecule has 0 saturated heterocycles. The van der Waals surface area contributed by atoms with Gasteiger partial charge >= 0.3 is 0 Å². The van der Waals surface area contributed by atoms with Gasteiger partial charge in [0.25, 0.3) is 0 Å². The highest BCUT2D eigenvalue weighted by Gasteiger charge is 2.19. The molecule has 0 fully saturated rings. The Kier molecular flexibility index (Phi) is 6.55. The van der Waals surface area contributed by atoms with Crippen molar-refractivity contribution < 1.29 is 0 Å². The van der Waals surface area contributed by atoms with Crippen molar-refractivity contribution in [1.82, 2.24) is 9.88 Å². The minimum absolute atomic E-state index is 0.287. The molecular formula is C13H23N3S. The van der Waals surface area contributed by atoms with Gasteiger partial charge in [-0.05, 0) is 50.1 Å². The lowest BCUT2D eigenvalue weighted by molar-refractivity contribution is 0.185. The minimum Gasteiger partial charge on any atom is -0.329 e. The average Bonchev–Trinajstić information content (AvgIpc) is 2.38. The molecule has 2 atom stereocenters. The molecule has 0 spiro atoms. The van der Waals surface area contributed by atoms with Gasteiger partial charge in [-0.25, -0.2) is 0 Å². The molecule has 0 aliphatic heterocycles. The third-order valence-corrected chi connectivity index (χ3v) is 3.88. The van der Waals surface area contributed by atoms with Gasteiger partial charge in [-0.15, -0.1) is 0 Å². The quantitative estimate of drug-likeness (QED) is 0.808. The van der Waals surface area contributed by atoms with Gasteiger partial charge in [-0.3, -0.25) is 9.88 Å². The Bertz CT molecular complexity index is 305. The SMILES string of the molecule is CSCCC(C)N(C)C(CN)c1ccncc1. The van der Waals surface area contributed by atoms with E-state index in [-0.39, 0.29) is 6.04 Å². The normalized spacial score (nSPS) is 14.9. The van der Waals surface area contributed by atoms with Gasteiger partial charge in [0.2, 0.25) is 0 Å². The van der Waals surface area contributed by atoms with E-state index in [1.54, 1.807) is 0 Å². The van der Waals surface area contributed by atoms with Crippen molar-refractivity contribution in [1.29, 1.82) is 0 Å². The molecule has 4 heteroatoms. The molecule has 3 nitrogen and oxygen atoms in total. The molecule has 0 aliphatic carbocycles. The summed E-state index contributed by atoms with van der Waals surface area (Å²) >= 11 is 1.89. The molecule has 96 valence electrons. The number of likely N-dealkylation sites (N-methyl/N-ethyl adjacent to an activating group) is 1. The molecule has 0 aromatic carbocycles. The summed E-state index contributed by atoms with van der Waals surface area (Å²) in [6, 6.07) is 4.93. The van der Waals surface area contributed by atoms with E-state index < -0.39 is 0 Å². The highest BCUT2D eigenvalue weighted by atomic mass is 32.2. The predicted octanol–water partition coefficient (Wildman–Crippen LogP) is 2.15. The van der Waals surface area contributed by atoms with Gasteiger partial charge in [0.05, 0.1) is 0 Å². The Morgan fingerprint density at radius 1 is 1.41 bits per heavy atom. The van der Waals surface area contributed by atoms with Gasteiger partial charge in [0.1, 0.15) is 0 Å². The molecule has 2 unspecified atom stereocenters. The lowest BCUT2D eigenvalue weighted by atomic mass is 10.1. The second-order valence-corrected chi connectivity index (χ2v) is 5.31. The van der Waals surface area contributed by atoms with Crippen LogP contribution in [0.2, 0.25) is 0 Å². The summed E-state index contributed by atoms with van der Waals surface area (Å²) in [6.45, 7) is 2.91. The van der Waals surface area contributed by atoms with E-state index >= 15 is 0 Å². The highest BCUT2D eigenvalue weighted by Crippen LogP contribution is 2.21. The third kappa shape index (κ3) is 4.30. The van der Waals surface area contributed by atoms with E-state index in [9.17, 15) is 0 Å². The van der Waals surface area contributed by atoms with Crippen molar-refractivity contribution >= 4 is 11.8 Å². The zero-order valence-corrected chi connectivity index (χ0v) is 11.8. The zero-order chi connectivity index (χ0) is 12.7. The number of nitrogens with zero attached hydrogens (tertiary/aromatic N) is 2. The lowest BCUT2D eigenvalue weighted by Gasteiger charge is -2.32. The predicted molar refractivity (Wildman–Crippen MR) is 76.3 cm³/mol. The fourth-order valence-corrected chi connectivity index (χ4v) is 2.50. The van der Waals surface area contributed by atoms with Crippen LogP contribution in [0.1, 0.15) is 24.9 Å². The second kappa shape index (κ2) is 7.69. The van der Waals surface area contributed by atoms with Crippen molar-refractivity contribution in [2.45, 2.75) is 25.4 Å². The van der Waals surface area contributed by atoms with Crippen LogP contribution in [0.25, 0.3) is 0 Å². The van der Waals surface area contributed by atoms with Crippen LogP contribution >= 0.6 is 11.8 Å². The molecule has 1 aromatic rings. The first-order chi connectivity index (χ1) is 8.20. The standard InChI is InChI=1S/C13H23N3S/c1-11(6-9-17-3)16(2)13(10-14)12-4-7-15-8-5-12/h4-5,7-8,11,13H,6,9-10,14H2,1-3H3. The Balaban J connectivity index is 2.67. The van der Waals surface area contributed by atoms with Crippen molar-refractivity contribution in [3.8, 4) is 0 Å². The third-order valence-electron chi connectivity index (χ3n) is 3.24. The van der Waals surface area contributed by atoms with E-state index in [4.69, 9.17) is 5.73 Å². The second-order valence-electron chi connectivity index (χ2n) is 4.33. The van der Waals surface area contributed by atoms with Crippen LogP contribution in [-0.2, 0) is 0 Å². The summed E-state index contributed by atoms with van der Waals surface area (Å²) in [7, 11) is 2.16. The summed E-state index contributed by atoms with van der Waals surface area (Å²) in [5.41, 5.74) is 7.16. The van der Waals surface area contributed by atoms with Crippen LogP contribution < -0.4 is 5.73 Å². The molecule has 1 aromatic heterocycles. The summed E-state index contributed by atoms with van der Waals surface area (Å²) in [4.78, 5) is 6.42. The molecule has 0 saturated carbocycles. The first kappa shape index (κ1) is 14.5. The fourth-order valence-electron chi connectivity index (χ4n) is 1.92. The van der Waals surface area contributed by atoms with E-state index in [0.29, 0.717) is 12.6 Å². The zero-order valence-electron chi connectivity index (χ0n) is 11.0. The molecular weight excluding hydrogens is 230 g/mol. The Hall–Kier alpha value is -0.580. The molecule has 1 heterocycles. The van der Waals surface area contributed by atoms with Crippen LogP contribution in [0.4, 0.5) is 0 Å². The molecule has 1 rings (SSSR count). The van der Waals surface area contributed by atoms with Gasteiger partial charge in [0, 0.05) is 31.0 Å². The summed E-state index contributed by atoms with van der Waals surface area (Å²) in [5, 5.41) is 0. The van der Waals surface area contributed by atoms with E-state index in [1.807, 2.05) is 24.2 Å². The van der Waals surface area contributed by atoms with E-state index in [2.05, 4.69) is 42.2 Å².